The summed E-state index contributed by atoms with van der Waals surface area (Å²) in [5, 5.41) is 9.80. The second-order valence-electron chi connectivity index (χ2n) is 15.9. The number of fused-ring (bicyclic) bond motifs is 1. The van der Waals surface area contributed by atoms with Crippen LogP contribution in [-0.2, 0) is 31.4 Å². The predicted octanol–water partition coefficient (Wildman–Crippen LogP) is 6.48. The molecule has 2 aliphatic heterocycles. The van der Waals surface area contributed by atoms with E-state index in [0.29, 0.717) is 6.54 Å². The Kier molecular flexibility index (Phi) is 9.97. The van der Waals surface area contributed by atoms with Crippen LogP contribution in [0.1, 0.15) is 80.0 Å². The number of aryl methyl sites for hydroxylation is 1. The fourth-order valence-corrected chi connectivity index (χ4v) is 8.19. The molecule has 0 bridgehead atoms. The molecular formula is C42H53N5O4. The molecular weight excluding hydrogens is 638 g/mol. The van der Waals surface area contributed by atoms with Crippen molar-refractivity contribution >= 4 is 5.91 Å². The van der Waals surface area contributed by atoms with Gasteiger partial charge in [0.1, 0.15) is 23.1 Å². The van der Waals surface area contributed by atoms with E-state index >= 15 is 0 Å². The number of carbonyl (C=O) groups excluding carboxylic acids is 1. The summed E-state index contributed by atoms with van der Waals surface area (Å²) >= 11 is 0. The predicted molar refractivity (Wildman–Crippen MR) is 201 cm³/mol. The van der Waals surface area contributed by atoms with Crippen molar-refractivity contribution in [3.63, 3.8) is 0 Å². The number of carbonyl (C=O) groups is 1. The first-order valence-corrected chi connectivity index (χ1v) is 18.1. The molecule has 1 spiro atoms. The van der Waals surface area contributed by atoms with E-state index in [1.165, 1.54) is 29.5 Å². The van der Waals surface area contributed by atoms with Crippen LogP contribution in [0, 0.1) is 30.6 Å². The Morgan fingerprint density at radius 2 is 1.73 bits per heavy atom. The minimum Gasteiger partial charge on any atom is -0.496 e. The third-order valence-electron chi connectivity index (χ3n) is 11.3. The van der Waals surface area contributed by atoms with Crippen LogP contribution in [0.5, 0.6) is 11.5 Å². The van der Waals surface area contributed by atoms with Crippen LogP contribution in [0.2, 0.25) is 0 Å². The molecule has 3 aliphatic rings. The molecule has 3 aromatic rings. The van der Waals surface area contributed by atoms with Crippen LogP contribution in [-0.4, -0.2) is 71.1 Å². The van der Waals surface area contributed by atoms with Crippen molar-refractivity contribution in [2.24, 2.45) is 12.5 Å². The minimum absolute atomic E-state index is 0.0135. The van der Waals surface area contributed by atoms with E-state index in [0.717, 1.165) is 78.5 Å². The van der Waals surface area contributed by atoms with Gasteiger partial charge in [-0.05, 0) is 85.4 Å². The number of amides is 1. The standard InChI is InChI=1S/C42H53N5O4/c1-27-28(2)39(48)44(7)24-35(27)31-19-37(50-8)36(38(20-31)51-9)25-45-17-18-46(42(26-45)14-15-42)23-30-11-10-12-33-29(3)47(16-13-34(30)33)40(49)32(22-43)21-41(4,5)6/h10-12,19-21,24,29H,13-18,23,25-26H2,1-9H3. The third kappa shape index (κ3) is 7.09. The Hall–Kier alpha value is -4.39. The molecule has 1 aromatic heterocycles. The van der Waals surface area contributed by atoms with E-state index in [-0.39, 0.29) is 34.0 Å². The Bertz CT molecular complexity index is 1950. The Balaban J connectivity index is 1.18. The maximum Gasteiger partial charge on any atom is 0.264 e. The van der Waals surface area contributed by atoms with E-state index < -0.39 is 0 Å². The number of ether oxygens (including phenoxy) is 2. The van der Waals surface area contributed by atoms with Crippen LogP contribution in [0.15, 0.2) is 53.0 Å². The number of benzene rings is 2. The van der Waals surface area contributed by atoms with Crippen molar-refractivity contribution in [2.75, 3.05) is 40.4 Å². The molecule has 1 saturated carbocycles. The zero-order valence-electron chi connectivity index (χ0n) is 31.9. The molecule has 270 valence electrons. The molecule has 9 nitrogen and oxygen atoms in total. The zero-order valence-corrected chi connectivity index (χ0v) is 31.9. The number of piperazine rings is 1. The zero-order chi connectivity index (χ0) is 36.8. The lowest BCUT2D eigenvalue weighted by Gasteiger charge is -2.43. The average Bonchev–Trinajstić information content (AvgIpc) is 3.88. The highest BCUT2D eigenvalue weighted by molar-refractivity contribution is 5.97. The molecule has 2 fully saturated rings. The summed E-state index contributed by atoms with van der Waals surface area (Å²) < 4.78 is 13.6. The van der Waals surface area contributed by atoms with E-state index in [1.54, 1.807) is 31.9 Å². The smallest absolute Gasteiger partial charge is 0.264 e. The molecule has 0 N–H and O–H groups in total. The lowest BCUT2D eigenvalue weighted by Crippen LogP contribution is -2.54. The van der Waals surface area contributed by atoms with Gasteiger partial charge in [0.05, 0.1) is 25.8 Å². The quantitative estimate of drug-likeness (QED) is 0.197. The monoisotopic (exact) mass is 691 g/mol. The van der Waals surface area contributed by atoms with Gasteiger partial charge in [-0.15, -0.1) is 0 Å². The maximum atomic E-state index is 13.5. The first-order valence-electron chi connectivity index (χ1n) is 18.1. The third-order valence-corrected chi connectivity index (χ3v) is 11.3. The van der Waals surface area contributed by atoms with Crippen molar-refractivity contribution in [2.45, 2.75) is 85.5 Å². The number of hydrogen-bond acceptors (Lipinski definition) is 7. The number of rotatable bonds is 8. The summed E-state index contributed by atoms with van der Waals surface area (Å²) in [5.41, 5.74) is 8.72. The van der Waals surface area contributed by atoms with Crippen LogP contribution < -0.4 is 15.0 Å². The van der Waals surface area contributed by atoms with Gasteiger partial charge in [0, 0.05) is 69.2 Å². The lowest BCUT2D eigenvalue weighted by molar-refractivity contribution is -0.129. The summed E-state index contributed by atoms with van der Waals surface area (Å²) in [5.74, 6) is 1.40. The Morgan fingerprint density at radius 3 is 2.33 bits per heavy atom. The fourth-order valence-electron chi connectivity index (χ4n) is 8.19. The number of hydrogen-bond donors (Lipinski definition) is 0. The van der Waals surface area contributed by atoms with Gasteiger partial charge in [0.2, 0.25) is 0 Å². The highest BCUT2D eigenvalue weighted by Gasteiger charge is 2.51. The van der Waals surface area contributed by atoms with E-state index in [1.807, 2.05) is 45.7 Å². The number of nitrogens with zero attached hydrogens (tertiary/aromatic N) is 5. The first kappa shape index (κ1) is 36.4. The molecule has 1 amide bonds. The highest BCUT2D eigenvalue weighted by atomic mass is 16.5. The van der Waals surface area contributed by atoms with Crippen molar-refractivity contribution in [1.29, 1.82) is 5.26 Å². The summed E-state index contributed by atoms with van der Waals surface area (Å²) in [6, 6.07) is 12.8. The minimum atomic E-state index is -0.250. The van der Waals surface area contributed by atoms with E-state index in [2.05, 4.69) is 53.1 Å². The van der Waals surface area contributed by atoms with Crippen molar-refractivity contribution in [3.8, 4) is 28.7 Å². The van der Waals surface area contributed by atoms with Crippen molar-refractivity contribution < 1.29 is 14.3 Å². The normalized spacial score (nSPS) is 19.1. The highest BCUT2D eigenvalue weighted by Crippen LogP contribution is 2.47. The maximum absolute atomic E-state index is 13.5. The van der Waals surface area contributed by atoms with Gasteiger partial charge in [0.15, 0.2) is 0 Å². The largest absolute Gasteiger partial charge is 0.496 e. The van der Waals surface area contributed by atoms with E-state index in [9.17, 15) is 14.9 Å². The summed E-state index contributed by atoms with van der Waals surface area (Å²) in [6.45, 7) is 17.1. The van der Waals surface area contributed by atoms with Crippen LogP contribution >= 0.6 is 0 Å². The number of methoxy groups -OCH3 is 2. The van der Waals surface area contributed by atoms with Gasteiger partial charge in [0.25, 0.3) is 11.5 Å². The molecule has 1 aliphatic carbocycles. The SMILES string of the molecule is COc1cc(-c2cn(C)c(=O)c(C)c2C)cc(OC)c1CN1CCN(Cc2cccc3c2CCN(C(=O)C(C#N)=CC(C)(C)C)C3C)C2(CC2)C1. The molecule has 1 atom stereocenters. The Morgan fingerprint density at radius 1 is 1.04 bits per heavy atom. The van der Waals surface area contributed by atoms with Gasteiger partial charge in [-0.2, -0.15) is 5.26 Å². The molecule has 3 heterocycles. The first-order chi connectivity index (χ1) is 24.2. The van der Waals surface area contributed by atoms with Gasteiger partial charge >= 0.3 is 0 Å². The summed E-state index contributed by atoms with van der Waals surface area (Å²) in [4.78, 5) is 33.1. The number of allylic oxidation sites excluding steroid dienone is 1. The molecule has 1 saturated heterocycles. The average molecular weight is 692 g/mol. The van der Waals surface area contributed by atoms with Gasteiger partial charge < -0.3 is 18.9 Å². The van der Waals surface area contributed by atoms with Gasteiger partial charge in [-0.3, -0.25) is 19.4 Å². The molecule has 51 heavy (non-hydrogen) atoms. The number of aromatic nitrogens is 1. The Labute approximate surface area is 303 Å². The van der Waals surface area contributed by atoms with Crippen LogP contribution in [0.25, 0.3) is 11.1 Å². The second kappa shape index (κ2) is 14.0. The fraction of sp³-hybridized carbons (Fsp3) is 0.500. The van der Waals surface area contributed by atoms with Crippen molar-refractivity contribution in [3.05, 3.63) is 91.9 Å². The molecule has 6 rings (SSSR count). The molecule has 0 radical (unpaired) electrons. The van der Waals surface area contributed by atoms with Gasteiger partial charge in [-0.1, -0.05) is 45.0 Å². The second-order valence-corrected chi connectivity index (χ2v) is 15.9. The number of nitriles is 1. The molecule has 1 unspecified atom stereocenters. The molecule has 9 heteroatoms. The van der Waals surface area contributed by atoms with Crippen LogP contribution in [0.3, 0.4) is 0 Å². The molecule has 2 aromatic carbocycles. The van der Waals surface area contributed by atoms with Crippen LogP contribution in [0.4, 0.5) is 0 Å². The summed E-state index contributed by atoms with van der Waals surface area (Å²) in [7, 11) is 5.21. The number of pyridine rings is 1. The summed E-state index contributed by atoms with van der Waals surface area (Å²) in [6.07, 6.45) is 6.82. The van der Waals surface area contributed by atoms with E-state index in [4.69, 9.17) is 9.47 Å². The van der Waals surface area contributed by atoms with Gasteiger partial charge in [-0.25, -0.2) is 0 Å². The topological polar surface area (TPSA) is 91.0 Å². The lowest BCUT2D eigenvalue weighted by atomic mass is 9.88. The van der Waals surface area contributed by atoms with Crippen molar-refractivity contribution in [1.82, 2.24) is 19.3 Å².